The van der Waals surface area contributed by atoms with Crippen LogP contribution in [0.15, 0.2) is 24.3 Å². The number of nitrogens with two attached hydrogens (primary N) is 1. The van der Waals surface area contributed by atoms with Gasteiger partial charge in [-0.2, -0.15) is 13.2 Å². The molecule has 18 heavy (non-hydrogen) atoms. The van der Waals surface area contributed by atoms with E-state index in [9.17, 15) is 17.6 Å². The van der Waals surface area contributed by atoms with Crippen molar-refractivity contribution in [3.63, 3.8) is 0 Å². The van der Waals surface area contributed by atoms with Gasteiger partial charge in [0.2, 0.25) is 0 Å². The Balaban J connectivity index is 2.08. The molecule has 1 aliphatic heterocycles. The van der Waals surface area contributed by atoms with Gasteiger partial charge in [-0.1, -0.05) is 12.1 Å². The maximum atomic E-state index is 13.1. The summed E-state index contributed by atoms with van der Waals surface area (Å²) in [5, 5.41) is 0. The summed E-state index contributed by atoms with van der Waals surface area (Å²) in [5.74, 6) is -0.642. The van der Waals surface area contributed by atoms with E-state index in [1.54, 1.807) is 12.1 Å². The van der Waals surface area contributed by atoms with Crippen LogP contribution in [0.2, 0.25) is 0 Å². The van der Waals surface area contributed by atoms with Gasteiger partial charge in [-0.25, -0.2) is 4.39 Å². The summed E-state index contributed by atoms with van der Waals surface area (Å²) >= 11 is 0. The van der Waals surface area contributed by atoms with Gasteiger partial charge in [-0.3, -0.25) is 4.90 Å². The van der Waals surface area contributed by atoms with E-state index >= 15 is 0 Å². The fraction of sp³-hybridized carbons (Fsp3) is 0.500. The first kappa shape index (κ1) is 13.3. The topological polar surface area (TPSA) is 29.3 Å². The largest absolute Gasteiger partial charge is 0.401 e. The smallest absolute Gasteiger partial charge is 0.326 e. The lowest BCUT2D eigenvalue weighted by Gasteiger charge is -2.17. The standard InChI is InChI=1S/C12H14F4N2/c13-9-3-1-2-8(4-9)10-5-18(6-11(10)17)7-12(14,15)16/h1-4,10-11H,5-7,17H2/t10-,11+/m1/s1. The lowest BCUT2D eigenvalue weighted by molar-refractivity contribution is -0.143. The monoisotopic (exact) mass is 262 g/mol. The van der Waals surface area contributed by atoms with Gasteiger partial charge in [0, 0.05) is 25.0 Å². The molecule has 0 aromatic heterocycles. The quantitative estimate of drug-likeness (QED) is 0.827. The minimum atomic E-state index is -4.23. The fourth-order valence-electron chi connectivity index (χ4n) is 2.39. The van der Waals surface area contributed by atoms with Gasteiger partial charge in [0.25, 0.3) is 0 Å². The molecule has 1 aliphatic rings. The Morgan fingerprint density at radius 3 is 2.61 bits per heavy atom. The number of rotatable bonds is 2. The van der Waals surface area contributed by atoms with Crippen molar-refractivity contribution in [3.8, 4) is 0 Å². The van der Waals surface area contributed by atoms with E-state index in [-0.39, 0.29) is 19.0 Å². The molecule has 1 aromatic rings. The highest BCUT2D eigenvalue weighted by Crippen LogP contribution is 2.29. The van der Waals surface area contributed by atoms with Crippen LogP contribution in [0.3, 0.4) is 0 Å². The first-order chi connectivity index (χ1) is 8.35. The molecule has 1 fully saturated rings. The van der Waals surface area contributed by atoms with Gasteiger partial charge >= 0.3 is 6.18 Å². The van der Waals surface area contributed by atoms with Crippen molar-refractivity contribution in [2.75, 3.05) is 19.6 Å². The number of likely N-dealkylation sites (tertiary alicyclic amines) is 1. The van der Waals surface area contributed by atoms with Crippen LogP contribution in [-0.4, -0.2) is 36.8 Å². The Morgan fingerprint density at radius 2 is 2.00 bits per heavy atom. The van der Waals surface area contributed by atoms with Crippen LogP contribution in [0.4, 0.5) is 17.6 Å². The van der Waals surface area contributed by atoms with E-state index < -0.39 is 24.6 Å². The first-order valence-corrected chi connectivity index (χ1v) is 5.65. The molecular formula is C12H14F4N2. The second kappa shape index (κ2) is 4.85. The van der Waals surface area contributed by atoms with E-state index in [0.29, 0.717) is 5.56 Å². The van der Waals surface area contributed by atoms with Gasteiger partial charge in [-0.15, -0.1) is 0 Å². The zero-order valence-corrected chi connectivity index (χ0v) is 9.62. The van der Waals surface area contributed by atoms with Crippen LogP contribution in [0, 0.1) is 5.82 Å². The molecule has 2 atom stereocenters. The lowest BCUT2D eigenvalue weighted by Crippen LogP contribution is -2.34. The molecule has 0 bridgehead atoms. The maximum Gasteiger partial charge on any atom is 0.401 e. The summed E-state index contributed by atoms with van der Waals surface area (Å²) < 4.78 is 49.9. The van der Waals surface area contributed by atoms with Crippen LogP contribution in [0.5, 0.6) is 0 Å². The molecule has 0 aliphatic carbocycles. The highest BCUT2D eigenvalue weighted by molar-refractivity contribution is 5.24. The molecule has 100 valence electrons. The summed E-state index contributed by atoms with van der Waals surface area (Å²) in [7, 11) is 0. The van der Waals surface area contributed by atoms with Gasteiger partial charge in [0.15, 0.2) is 0 Å². The number of nitrogens with zero attached hydrogens (tertiary/aromatic N) is 1. The molecule has 1 heterocycles. The highest BCUT2D eigenvalue weighted by atomic mass is 19.4. The van der Waals surface area contributed by atoms with Crippen molar-refractivity contribution in [2.45, 2.75) is 18.1 Å². The molecule has 1 aromatic carbocycles. The molecular weight excluding hydrogens is 248 g/mol. The molecule has 2 nitrogen and oxygen atoms in total. The first-order valence-electron chi connectivity index (χ1n) is 5.65. The molecule has 0 unspecified atom stereocenters. The molecule has 0 radical (unpaired) electrons. The highest BCUT2D eigenvalue weighted by Gasteiger charge is 2.38. The Kier molecular flexibility index (Phi) is 3.59. The van der Waals surface area contributed by atoms with Crippen LogP contribution < -0.4 is 5.73 Å². The third-order valence-electron chi connectivity index (χ3n) is 3.12. The average Bonchev–Trinajstić information content (AvgIpc) is 2.56. The summed E-state index contributed by atoms with van der Waals surface area (Å²) in [6, 6.07) is 5.49. The number of alkyl halides is 3. The van der Waals surface area contributed by atoms with E-state index in [1.165, 1.54) is 17.0 Å². The lowest BCUT2D eigenvalue weighted by atomic mass is 9.95. The minimum absolute atomic E-state index is 0.181. The number of hydrogen-bond donors (Lipinski definition) is 1. The van der Waals surface area contributed by atoms with Crippen molar-refractivity contribution >= 4 is 0 Å². The molecule has 0 saturated carbocycles. The predicted octanol–water partition coefficient (Wildman–Crippen LogP) is 2.11. The zero-order valence-electron chi connectivity index (χ0n) is 9.62. The van der Waals surface area contributed by atoms with Crippen molar-refractivity contribution in [2.24, 2.45) is 5.73 Å². The fourth-order valence-corrected chi connectivity index (χ4v) is 2.39. The molecule has 2 N–H and O–H groups in total. The number of hydrogen-bond acceptors (Lipinski definition) is 2. The maximum absolute atomic E-state index is 13.1. The molecule has 1 saturated heterocycles. The summed E-state index contributed by atoms with van der Waals surface area (Å²) in [4.78, 5) is 1.26. The zero-order chi connectivity index (χ0) is 13.3. The SMILES string of the molecule is N[C@H]1CN(CC(F)(F)F)C[C@@H]1c1cccc(F)c1. The molecule has 2 rings (SSSR count). The summed E-state index contributed by atoms with van der Waals surface area (Å²) in [6.45, 7) is -0.572. The van der Waals surface area contributed by atoms with Crippen LogP contribution >= 0.6 is 0 Å². The number of benzene rings is 1. The van der Waals surface area contributed by atoms with Gasteiger partial charge in [0.05, 0.1) is 6.54 Å². The van der Waals surface area contributed by atoms with Crippen molar-refractivity contribution < 1.29 is 17.6 Å². The summed E-state index contributed by atoms with van der Waals surface area (Å²) in [5.41, 5.74) is 6.50. The minimum Gasteiger partial charge on any atom is -0.326 e. The third-order valence-corrected chi connectivity index (χ3v) is 3.12. The second-order valence-corrected chi connectivity index (χ2v) is 4.63. The Morgan fingerprint density at radius 1 is 1.28 bits per heavy atom. The van der Waals surface area contributed by atoms with Crippen LogP contribution in [0.25, 0.3) is 0 Å². The molecule has 6 heteroatoms. The number of halogens is 4. The van der Waals surface area contributed by atoms with Crippen LogP contribution in [-0.2, 0) is 0 Å². The van der Waals surface area contributed by atoms with Crippen LogP contribution in [0.1, 0.15) is 11.5 Å². The Bertz CT molecular complexity index is 419. The van der Waals surface area contributed by atoms with Crippen molar-refractivity contribution in [1.29, 1.82) is 0 Å². The van der Waals surface area contributed by atoms with E-state index in [1.807, 2.05) is 0 Å². The van der Waals surface area contributed by atoms with Gasteiger partial charge in [-0.05, 0) is 17.7 Å². The van der Waals surface area contributed by atoms with Crippen molar-refractivity contribution in [1.82, 2.24) is 4.90 Å². The molecule has 0 spiro atoms. The van der Waals surface area contributed by atoms with Gasteiger partial charge in [0.1, 0.15) is 5.82 Å². The van der Waals surface area contributed by atoms with Gasteiger partial charge < -0.3 is 5.73 Å². The van der Waals surface area contributed by atoms with E-state index in [2.05, 4.69) is 0 Å². The Hall–Kier alpha value is -1.14. The summed E-state index contributed by atoms with van der Waals surface area (Å²) in [6.07, 6.45) is -4.23. The third kappa shape index (κ3) is 3.20. The second-order valence-electron chi connectivity index (χ2n) is 4.63. The van der Waals surface area contributed by atoms with E-state index in [0.717, 1.165) is 0 Å². The van der Waals surface area contributed by atoms with E-state index in [4.69, 9.17) is 5.73 Å². The predicted molar refractivity (Wildman–Crippen MR) is 59.6 cm³/mol. The molecule has 0 amide bonds. The Labute approximate surface area is 102 Å². The van der Waals surface area contributed by atoms with Crippen molar-refractivity contribution in [3.05, 3.63) is 35.6 Å². The normalized spacial score (nSPS) is 25.6. The average molecular weight is 262 g/mol.